The Morgan fingerprint density at radius 1 is 0.800 bits per heavy atom. The summed E-state index contributed by atoms with van der Waals surface area (Å²) in [5.41, 5.74) is 0. The molecule has 4 heteroatoms. The van der Waals surface area contributed by atoms with E-state index in [0.717, 1.165) is 13.0 Å². The van der Waals surface area contributed by atoms with E-state index in [1.807, 2.05) is 0 Å². The Balaban J connectivity index is 4.30. The highest BCUT2D eigenvalue weighted by Gasteiger charge is 2.39. The van der Waals surface area contributed by atoms with Gasteiger partial charge in [0, 0.05) is 12.7 Å². The van der Waals surface area contributed by atoms with Gasteiger partial charge in [-0.25, -0.2) is 0 Å². The van der Waals surface area contributed by atoms with E-state index < -0.39 is 16.6 Å². The molecule has 20 heavy (non-hydrogen) atoms. The summed E-state index contributed by atoms with van der Waals surface area (Å²) in [5.74, 6) is 0. The Morgan fingerprint density at radius 3 is 1.55 bits per heavy atom. The Morgan fingerprint density at radius 2 is 1.20 bits per heavy atom. The zero-order chi connectivity index (χ0) is 16.4. The highest BCUT2D eigenvalue weighted by Crippen LogP contribution is 2.38. The molecular formula is C16H38O2Si2. The molecule has 0 aromatic carbocycles. The molecule has 0 bridgehead atoms. The second kappa shape index (κ2) is 6.63. The zero-order valence-corrected chi connectivity index (χ0v) is 17.8. The second-order valence-electron chi connectivity index (χ2n) is 9.09. The molecule has 0 saturated carbocycles. The summed E-state index contributed by atoms with van der Waals surface area (Å²) in [6, 6.07) is 0. The van der Waals surface area contributed by atoms with E-state index in [9.17, 15) is 0 Å². The first kappa shape index (κ1) is 20.4. The van der Waals surface area contributed by atoms with Crippen molar-refractivity contribution >= 4 is 16.6 Å². The zero-order valence-electron chi connectivity index (χ0n) is 15.8. The molecule has 0 aliphatic carbocycles. The van der Waals surface area contributed by atoms with Crippen LogP contribution in [0.3, 0.4) is 0 Å². The van der Waals surface area contributed by atoms with Crippen molar-refractivity contribution in [3.63, 3.8) is 0 Å². The van der Waals surface area contributed by atoms with Crippen LogP contribution >= 0.6 is 0 Å². The Labute approximate surface area is 129 Å². The Hall–Kier alpha value is 0.354. The van der Waals surface area contributed by atoms with Crippen LogP contribution in [0.25, 0.3) is 0 Å². The molecule has 0 amide bonds. The molecule has 0 N–H and O–H groups in total. The fourth-order valence-corrected chi connectivity index (χ4v) is 3.97. The van der Waals surface area contributed by atoms with Crippen LogP contribution in [0.5, 0.6) is 0 Å². The average Bonchev–Trinajstić information content (AvgIpc) is 2.12. The van der Waals surface area contributed by atoms with Crippen molar-refractivity contribution in [1.29, 1.82) is 0 Å². The van der Waals surface area contributed by atoms with Crippen molar-refractivity contribution in [2.75, 3.05) is 6.61 Å². The molecule has 0 aromatic heterocycles. The van der Waals surface area contributed by atoms with Crippen LogP contribution in [0, 0.1) is 0 Å². The molecule has 0 spiro atoms. The molecule has 0 rings (SSSR count). The lowest BCUT2D eigenvalue weighted by Gasteiger charge is -2.39. The quantitative estimate of drug-likeness (QED) is 0.575. The van der Waals surface area contributed by atoms with Crippen LogP contribution in [0.4, 0.5) is 0 Å². The van der Waals surface area contributed by atoms with Crippen LogP contribution < -0.4 is 0 Å². The third kappa shape index (κ3) is 6.00. The highest BCUT2D eigenvalue weighted by molar-refractivity contribution is 6.74. The standard InChI is InChI=1S/C16H38O2Si2/c1-14(18-20(10,11)16(5,6)7)12-13-17-19(8,9)15(2,3)4/h14H,12-13H2,1-11H3/t14-/m1/s1. The maximum Gasteiger partial charge on any atom is 0.192 e. The van der Waals surface area contributed by atoms with Crippen molar-refractivity contribution in [2.45, 2.75) is 97.3 Å². The third-order valence-electron chi connectivity index (χ3n) is 5.10. The monoisotopic (exact) mass is 318 g/mol. The summed E-state index contributed by atoms with van der Waals surface area (Å²) in [5, 5.41) is 0.568. The minimum absolute atomic E-state index is 0.279. The maximum atomic E-state index is 6.38. The van der Waals surface area contributed by atoms with E-state index in [1.165, 1.54) is 0 Å². The Kier molecular flexibility index (Phi) is 6.75. The lowest BCUT2D eigenvalue weighted by molar-refractivity contribution is 0.156. The predicted octanol–water partition coefficient (Wildman–Crippen LogP) is 5.81. The summed E-state index contributed by atoms with van der Waals surface area (Å²) in [6.45, 7) is 26.0. The van der Waals surface area contributed by atoms with E-state index >= 15 is 0 Å². The van der Waals surface area contributed by atoms with E-state index in [1.54, 1.807) is 0 Å². The van der Waals surface area contributed by atoms with Crippen LogP contribution in [-0.2, 0) is 8.85 Å². The summed E-state index contributed by atoms with van der Waals surface area (Å²) >= 11 is 0. The lowest BCUT2D eigenvalue weighted by atomic mass is 10.2. The van der Waals surface area contributed by atoms with Gasteiger partial charge in [-0.05, 0) is 49.6 Å². The predicted molar refractivity (Wildman–Crippen MR) is 95.5 cm³/mol. The van der Waals surface area contributed by atoms with Crippen LogP contribution in [0.1, 0.15) is 54.9 Å². The fourth-order valence-electron chi connectivity index (χ4n) is 1.44. The smallest absolute Gasteiger partial charge is 0.192 e. The molecule has 0 aliphatic rings. The summed E-state index contributed by atoms with van der Waals surface area (Å²) in [7, 11) is -3.26. The van der Waals surface area contributed by atoms with E-state index in [4.69, 9.17) is 8.85 Å². The van der Waals surface area contributed by atoms with Gasteiger partial charge in [-0.1, -0.05) is 41.5 Å². The molecule has 0 radical (unpaired) electrons. The summed E-state index contributed by atoms with van der Waals surface area (Å²) in [4.78, 5) is 0. The van der Waals surface area contributed by atoms with Gasteiger partial charge in [0.05, 0.1) is 0 Å². The number of rotatable bonds is 6. The van der Waals surface area contributed by atoms with Crippen molar-refractivity contribution in [2.24, 2.45) is 0 Å². The summed E-state index contributed by atoms with van der Waals surface area (Å²) in [6.07, 6.45) is 1.29. The number of hydrogen-bond donors (Lipinski definition) is 0. The first-order chi connectivity index (χ1) is 8.60. The molecule has 2 nitrogen and oxygen atoms in total. The lowest BCUT2D eigenvalue weighted by Crippen LogP contribution is -2.44. The molecule has 0 unspecified atom stereocenters. The third-order valence-corrected chi connectivity index (χ3v) is 14.2. The van der Waals surface area contributed by atoms with Crippen LogP contribution in [0.2, 0.25) is 36.3 Å². The first-order valence-electron chi connectivity index (χ1n) is 7.92. The maximum absolute atomic E-state index is 6.38. The normalized spacial score (nSPS) is 16.4. The van der Waals surface area contributed by atoms with Gasteiger partial charge in [0.25, 0.3) is 0 Å². The van der Waals surface area contributed by atoms with Gasteiger partial charge in [0.2, 0.25) is 0 Å². The largest absolute Gasteiger partial charge is 0.417 e. The van der Waals surface area contributed by atoms with Gasteiger partial charge in [-0.15, -0.1) is 0 Å². The molecule has 0 aliphatic heterocycles. The van der Waals surface area contributed by atoms with Crippen molar-refractivity contribution in [1.82, 2.24) is 0 Å². The van der Waals surface area contributed by atoms with Gasteiger partial charge >= 0.3 is 0 Å². The average molecular weight is 319 g/mol. The van der Waals surface area contributed by atoms with E-state index in [-0.39, 0.29) is 10.1 Å². The minimum atomic E-state index is -1.64. The van der Waals surface area contributed by atoms with E-state index in [0.29, 0.717) is 6.10 Å². The second-order valence-corrected chi connectivity index (χ2v) is 18.7. The van der Waals surface area contributed by atoms with Crippen molar-refractivity contribution < 1.29 is 8.85 Å². The molecule has 0 saturated heterocycles. The van der Waals surface area contributed by atoms with Crippen LogP contribution in [-0.4, -0.2) is 29.3 Å². The SMILES string of the molecule is C[C@H](CCO[Si](C)(C)C(C)(C)C)O[Si](C)(C)C(C)(C)C. The molecular weight excluding hydrogens is 280 g/mol. The van der Waals surface area contributed by atoms with Gasteiger partial charge in [-0.2, -0.15) is 0 Å². The van der Waals surface area contributed by atoms with Crippen LogP contribution in [0.15, 0.2) is 0 Å². The van der Waals surface area contributed by atoms with Gasteiger partial charge in [0.1, 0.15) is 0 Å². The molecule has 122 valence electrons. The first-order valence-corrected chi connectivity index (χ1v) is 13.7. The Bertz CT molecular complexity index is 299. The minimum Gasteiger partial charge on any atom is -0.417 e. The highest BCUT2D eigenvalue weighted by atomic mass is 28.4. The van der Waals surface area contributed by atoms with Gasteiger partial charge in [0.15, 0.2) is 16.6 Å². The van der Waals surface area contributed by atoms with Crippen molar-refractivity contribution in [3.8, 4) is 0 Å². The van der Waals surface area contributed by atoms with Gasteiger partial charge < -0.3 is 8.85 Å². The topological polar surface area (TPSA) is 18.5 Å². The molecule has 0 aromatic rings. The summed E-state index contributed by atoms with van der Waals surface area (Å²) < 4.78 is 12.6. The number of hydrogen-bond acceptors (Lipinski definition) is 2. The molecule has 1 atom stereocenters. The molecule has 0 fully saturated rings. The van der Waals surface area contributed by atoms with E-state index in [2.05, 4.69) is 74.7 Å². The fraction of sp³-hybridized carbons (Fsp3) is 1.00. The van der Waals surface area contributed by atoms with Gasteiger partial charge in [-0.3, -0.25) is 0 Å². The molecule has 0 heterocycles. The van der Waals surface area contributed by atoms with Crippen molar-refractivity contribution in [3.05, 3.63) is 0 Å².